The van der Waals surface area contributed by atoms with Crippen LogP contribution in [0.5, 0.6) is 0 Å². The molecule has 1 aromatic carbocycles. The lowest BCUT2D eigenvalue weighted by Gasteiger charge is -2.04. The predicted molar refractivity (Wildman–Crippen MR) is 51.3 cm³/mol. The van der Waals surface area contributed by atoms with Crippen molar-refractivity contribution in [3.8, 4) is 0 Å². The van der Waals surface area contributed by atoms with Gasteiger partial charge in [0, 0.05) is 10.4 Å². The van der Waals surface area contributed by atoms with Crippen molar-refractivity contribution in [2.75, 3.05) is 0 Å². The number of rotatable bonds is 1. The van der Waals surface area contributed by atoms with E-state index in [0.717, 1.165) is 6.07 Å². The van der Waals surface area contributed by atoms with Crippen LogP contribution in [0, 0.1) is 11.6 Å². The van der Waals surface area contributed by atoms with Crippen molar-refractivity contribution >= 4 is 43.5 Å². The van der Waals surface area contributed by atoms with Crippen molar-refractivity contribution in [2.45, 2.75) is 5.88 Å². The van der Waals surface area contributed by atoms with Crippen LogP contribution in [0.15, 0.2) is 15.0 Å². The van der Waals surface area contributed by atoms with Crippen molar-refractivity contribution in [3.05, 3.63) is 32.2 Å². The zero-order chi connectivity index (χ0) is 9.30. The third-order valence-electron chi connectivity index (χ3n) is 1.32. The van der Waals surface area contributed by atoms with Crippen molar-refractivity contribution in [1.29, 1.82) is 0 Å². The van der Waals surface area contributed by atoms with Gasteiger partial charge in [-0.05, 0) is 43.5 Å². The summed E-state index contributed by atoms with van der Waals surface area (Å²) in [7, 11) is 0. The van der Waals surface area contributed by atoms with Crippen molar-refractivity contribution < 1.29 is 8.78 Å². The normalized spacial score (nSPS) is 10.4. The zero-order valence-electron chi connectivity index (χ0n) is 5.67. The highest BCUT2D eigenvalue weighted by molar-refractivity contribution is 9.13. The van der Waals surface area contributed by atoms with Gasteiger partial charge in [-0.1, -0.05) is 0 Å². The van der Waals surface area contributed by atoms with Gasteiger partial charge in [0.25, 0.3) is 0 Å². The van der Waals surface area contributed by atoms with Crippen molar-refractivity contribution in [3.63, 3.8) is 0 Å². The van der Waals surface area contributed by atoms with E-state index in [1.807, 2.05) is 0 Å². The summed E-state index contributed by atoms with van der Waals surface area (Å²) in [6.45, 7) is 0. The molecule has 0 spiro atoms. The van der Waals surface area contributed by atoms with Crippen LogP contribution in [0.2, 0.25) is 0 Å². The Kier molecular flexibility index (Phi) is 3.49. The van der Waals surface area contributed by atoms with Gasteiger partial charge in [0.15, 0.2) is 11.6 Å². The quantitative estimate of drug-likeness (QED) is 0.413. The highest BCUT2D eigenvalue weighted by Gasteiger charge is 2.13. The van der Waals surface area contributed by atoms with Gasteiger partial charge in [-0.2, -0.15) is 0 Å². The maximum Gasteiger partial charge on any atom is 0.174 e. The zero-order valence-corrected chi connectivity index (χ0v) is 9.60. The topological polar surface area (TPSA) is 0 Å². The average molecular weight is 320 g/mol. The first-order valence-corrected chi connectivity index (χ1v) is 5.07. The molecule has 66 valence electrons. The van der Waals surface area contributed by atoms with Gasteiger partial charge in [-0.3, -0.25) is 0 Å². The van der Waals surface area contributed by atoms with E-state index < -0.39 is 11.6 Å². The third kappa shape index (κ3) is 1.80. The molecule has 0 aliphatic rings. The Balaban J connectivity index is 3.39. The molecule has 12 heavy (non-hydrogen) atoms. The molecule has 0 saturated carbocycles. The summed E-state index contributed by atoms with van der Waals surface area (Å²) in [5, 5.41) is 0. The first-order chi connectivity index (χ1) is 5.57. The van der Waals surface area contributed by atoms with Crippen LogP contribution in [0.4, 0.5) is 8.78 Å². The molecule has 0 N–H and O–H groups in total. The largest absolute Gasteiger partial charge is 0.204 e. The average Bonchev–Trinajstić information content (AvgIpc) is 2.08. The summed E-state index contributed by atoms with van der Waals surface area (Å²) in [6, 6.07) is 1.07. The molecule has 0 saturated heterocycles. The van der Waals surface area contributed by atoms with Gasteiger partial charge in [0.2, 0.25) is 0 Å². The SMILES string of the molecule is Fc1cc(CCl)c(Br)c(Br)c1F. The molecule has 5 heteroatoms. The molecule has 0 aromatic heterocycles. The van der Waals surface area contributed by atoms with Gasteiger partial charge >= 0.3 is 0 Å². The lowest BCUT2D eigenvalue weighted by atomic mass is 10.2. The van der Waals surface area contributed by atoms with Gasteiger partial charge in [0.1, 0.15) is 0 Å². The second-order valence-electron chi connectivity index (χ2n) is 2.09. The maximum absolute atomic E-state index is 12.8. The van der Waals surface area contributed by atoms with E-state index in [1.165, 1.54) is 0 Å². The number of hydrogen-bond donors (Lipinski definition) is 0. The van der Waals surface area contributed by atoms with Gasteiger partial charge < -0.3 is 0 Å². The van der Waals surface area contributed by atoms with Crippen LogP contribution >= 0.6 is 43.5 Å². The fourth-order valence-electron chi connectivity index (χ4n) is 0.719. The monoisotopic (exact) mass is 318 g/mol. The molecular weight excluding hydrogens is 317 g/mol. The molecule has 0 amide bonds. The summed E-state index contributed by atoms with van der Waals surface area (Å²) in [5.41, 5.74) is 0.516. The van der Waals surface area contributed by atoms with Crippen LogP contribution in [-0.4, -0.2) is 0 Å². The Labute approximate surface area is 90.2 Å². The first kappa shape index (κ1) is 10.4. The summed E-state index contributed by atoms with van der Waals surface area (Å²) < 4.78 is 26.1. The van der Waals surface area contributed by atoms with E-state index in [-0.39, 0.29) is 10.4 Å². The van der Waals surface area contributed by atoms with E-state index in [2.05, 4.69) is 31.9 Å². The molecule has 0 fully saturated rings. The second-order valence-corrected chi connectivity index (χ2v) is 3.95. The summed E-state index contributed by atoms with van der Waals surface area (Å²) in [4.78, 5) is 0. The van der Waals surface area contributed by atoms with E-state index in [0.29, 0.717) is 10.0 Å². The predicted octanol–water partition coefficient (Wildman–Crippen LogP) is 4.23. The minimum atomic E-state index is -0.907. The Morgan fingerprint density at radius 2 is 1.83 bits per heavy atom. The first-order valence-electron chi connectivity index (χ1n) is 2.95. The molecule has 0 bridgehead atoms. The van der Waals surface area contributed by atoms with Crippen molar-refractivity contribution in [1.82, 2.24) is 0 Å². The second kappa shape index (κ2) is 4.03. The minimum absolute atomic E-state index is 0.0677. The number of benzene rings is 1. The molecule has 0 aliphatic heterocycles. The molecule has 0 nitrogen and oxygen atoms in total. The molecular formula is C7H3Br2ClF2. The molecule has 0 heterocycles. The fourth-order valence-corrected chi connectivity index (χ4v) is 1.96. The van der Waals surface area contributed by atoms with E-state index >= 15 is 0 Å². The molecule has 1 rings (SSSR count). The van der Waals surface area contributed by atoms with E-state index in [9.17, 15) is 8.78 Å². The summed E-state index contributed by atoms with van der Waals surface area (Å²) in [6.07, 6.45) is 0. The Hall–Kier alpha value is 0.330. The lowest BCUT2D eigenvalue weighted by molar-refractivity contribution is 0.502. The van der Waals surface area contributed by atoms with Crippen LogP contribution in [0.25, 0.3) is 0 Å². The van der Waals surface area contributed by atoms with Crippen LogP contribution in [-0.2, 0) is 5.88 Å². The molecule has 1 aromatic rings. The highest BCUT2D eigenvalue weighted by atomic mass is 79.9. The van der Waals surface area contributed by atoms with Crippen LogP contribution in [0.1, 0.15) is 5.56 Å². The van der Waals surface area contributed by atoms with E-state index in [1.54, 1.807) is 0 Å². The number of hydrogen-bond acceptors (Lipinski definition) is 0. The summed E-state index contributed by atoms with van der Waals surface area (Å²) in [5.74, 6) is -1.67. The lowest BCUT2D eigenvalue weighted by Crippen LogP contribution is -1.91. The van der Waals surface area contributed by atoms with Gasteiger partial charge in [-0.15, -0.1) is 11.6 Å². The number of halogens is 5. The molecule has 0 atom stereocenters. The fraction of sp³-hybridized carbons (Fsp3) is 0.143. The smallest absolute Gasteiger partial charge is 0.174 e. The molecule has 0 unspecified atom stereocenters. The highest BCUT2D eigenvalue weighted by Crippen LogP contribution is 2.31. The van der Waals surface area contributed by atoms with Crippen LogP contribution < -0.4 is 0 Å². The molecule has 0 radical (unpaired) electrons. The van der Waals surface area contributed by atoms with Gasteiger partial charge in [0.05, 0.1) is 4.47 Å². The van der Waals surface area contributed by atoms with Gasteiger partial charge in [-0.25, -0.2) is 8.78 Å². The minimum Gasteiger partial charge on any atom is -0.204 e. The molecule has 0 aliphatic carbocycles. The summed E-state index contributed by atoms with van der Waals surface area (Å²) >= 11 is 11.5. The Morgan fingerprint density at radius 3 is 2.33 bits per heavy atom. The standard InChI is InChI=1S/C7H3Br2ClF2/c8-5-3(2-10)1-4(11)7(12)6(5)9/h1H,2H2. The third-order valence-corrected chi connectivity index (χ3v) is 3.79. The number of alkyl halides is 1. The Morgan fingerprint density at radius 1 is 1.25 bits per heavy atom. The van der Waals surface area contributed by atoms with E-state index in [4.69, 9.17) is 11.6 Å². The Bertz CT molecular complexity index is 315. The van der Waals surface area contributed by atoms with Crippen molar-refractivity contribution in [2.24, 2.45) is 0 Å². The van der Waals surface area contributed by atoms with Crippen LogP contribution in [0.3, 0.4) is 0 Å². The maximum atomic E-state index is 12.8.